The van der Waals surface area contributed by atoms with Crippen molar-refractivity contribution in [3.8, 4) is 11.8 Å². The number of anilines is 3. The smallest absolute Gasteiger partial charge is 0.416 e. The van der Waals surface area contributed by atoms with Crippen LogP contribution in [0.1, 0.15) is 30.5 Å². The van der Waals surface area contributed by atoms with Crippen molar-refractivity contribution < 1.29 is 22.3 Å². The van der Waals surface area contributed by atoms with E-state index in [4.69, 9.17) is 4.74 Å². The molecule has 222 valence electrons. The van der Waals surface area contributed by atoms with E-state index in [1.54, 1.807) is 18.2 Å². The van der Waals surface area contributed by atoms with Gasteiger partial charge in [0, 0.05) is 43.5 Å². The van der Waals surface area contributed by atoms with Gasteiger partial charge in [0.25, 0.3) is 0 Å². The van der Waals surface area contributed by atoms with Crippen molar-refractivity contribution in [1.29, 1.82) is 0 Å². The third-order valence-corrected chi connectivity index (χ3v) is 7.52. The summed E-state index contributed by atoms with van der Waals surface area (Å²) < 4.78 is 61.1. The molecular formula is C32H30F4N6O. The van der Waals surface area contributed by atoms with Crippen LogP contribution in [-0.4, -0.2) is 48.5 Å². The molecule has 3 aliphatic rings. The number of piperazine rings is 1. The third-order valence-electron chi connectivity index (χ3n) is 7.52. The van der Waals surface area contributed by atoms with Crippen molar-refractivity contribution in [2.45, 2.75) is 26.4 Å². The fourth-order valence-corrected chi connectivity index (χ4v) is 5.42. The molecule has 11 heteroatoms. The van der Waals surface area contributed by atoms with E-state index in [0.717, 1.165) is 22.8 Å². The normalized spacial score (nSPS) is 16.7. The van der Waals surface area contributed by atoms with Crippen LogP contribution in [0.3, 0.4) is 0 Å². The van der Waals surface area contributed by atoms with Gasteiger partial charge in [-0.2, -0.15) is 23.1 Å². The van der Waals surface area contributed by atoms with Gasteiger partial charge in [-0.1, -0.05) is 35.9 Å². The Balaban J connectivity index is 1.25. The molecule has 7 nitrogen and oxygen atoms in total. The lowest BCUT2D eigenvalue weighted by molar-refractivity contribution is -0.137. The molecule has 1 fully saturated rings. The number of fused-ring (bicyclic) bond motifs is 1. The van der Waals surface area contributed by atoms with Gasteiger partial charge >= 0.3 is 12.2 Å². The number of ether oxygens (including phenoxy) is 1. The fraction of sp³-hybridized carbons (Fsp3) is 0.281. The van der Waals surface area contributed by atoms with Gasteiger partial charge in [0.15, 0.2) is 11.6 Å². The second-order valence-electron chi connectivity index (χ2n) is 10.7. The minimum atomic E-state index is -4.40. The summed E-state index contributed by atoms with van der Waals surface area (Å²) in [5.41, 5.74) is 3.38. The molecule has 0 radical (unpaired) electrons. The zero-order valence-corrected chi connectivity index (χ0v) is 23.7. The Morgan fingerprint density at radius 1 is 0.977 bits per heavy atom. The molecule has 2 aromatic carbocycles. The van der Waals surface area contributed by atoms with Gasteiger partial charge in [-0.05, 0) is 61.7 Å². The summed E-state index contributed by atoms with van der Waals surface area (Å²) in [6.07, 6.45) is 3.96. The molecule has 0 atom stereocenters. The summed E-state index contributed by atoms with van der Waals surface area (Å²) >= 11 is 0. The van der Waals surface area contributed by atoms with Gasteiger partial charge in [-0.25, -0.2) is 4.39 Å². The molecule has 43 heavy (non-hydrogen) atoms. The van der Waals surface area contributed by atoms with Crippen LogP contribution in [0.25, 0.3) is 6.08 Å². The zero-order valence-electron chi connectivity index (χ0n) is 23.7. The highest BCUT2D eigenvalue weighted by Crippen LogP contribution is 2.35. The molecule has 1 N–H and O–H groups in total. The number of hydrogen-bond donors (Lipinski definition) is 1. The monoisotopic (exact) mass is 590 g/mol. The summed E-state index contributed by atoms with van der Waals surface area (Å²) in [4.78, 5) is 17.5. The summed E-state index contributed by atoms with van der Waals surface area (Å²) in [6, 6.07) is 10.5. The average molecular weight is 591 g/mol. The van der Waals surface area contributed by atoms with E-state index in [0.29, 0.717) is 67.9 Å². The summed E-state index contributed by atoms with van der Waals surface area (Å²) in [5.74, 6) is 1.16. The van der Waals surface area contributed by atoms with E-state index in [1.165, 1.54) is 12.1 Å². The maximum atomic E-state index is 15.4. The van der Waals surface area contributed by atoms with Gasteiger partial charge in [0.2, 0.25) is 0 Å². The van der Waals surface area contributed by atoms with Crippen LogP contribution in [0.2, 0.25) is 0 Å². The number of allylic oxidation sites excluding steroid dienone is 2. The minimum absolute atomic E-state index is 0.0237. The quantitative estimate of drug-likeness (QED) is 0.311. The van der Waals surface area contributed by atoms with Crippen molar-refractivity contribution in [3.63, 3.8) is 0 Å². The number of alkyl halides is 3. The average Bonchev–Trinajstić information content (AvgIpc) is 3.60. The Hall–Kier alpha value is -4.67. The molecule has 0 saturated carbocycles. The Morgan fingerprint density at radius 3 is 2.53 bits per heavy atom. The molecule has 1 aromatic heterocycles. The highest BCUT2D eigenvalue weighted by atomic mass is 19.4. The fourth-order valence-electron chi connectivity index (χ4n) is 5.42. The standard InChI is InChI=1S/C32H30F4N6O/c1-3-5-21-16-27(37-19-21)38-28-18-29(40-31(39-28)43-26-9-8-22-14-20(2)15-25(22)30(26)33)42-12-10-41(11-13-42)24-7-4-6-23(17-24)32(34,35)36/h3-9,15-18H,10-14,19H2,1-2H3,(H,37,38,39,40)/b5-3+. The molecule has 0 bridgehead atoms. The number of aliphatic imine (C=N–C) groups is 1. The first-order valence-corrected chi connectivity index (χ1v) is 14.0. The first kappa shape index (κ1) is 28.4. The van der Waals surface area contributed by atoms with E-state index in [-0.39, 0.29) is 11.8 Å². The second kappa shape index (κ2) is 11.5. The lowest BCUT2D eigenvalue weighted by Crippen LogP contribution is -2.47. The first-order chi connectivity index (χ1) is 20.7. The lowest BCUT2D eigenvalue weighted by Gasteiger charge is -2.37. The minimum Gasteiger partial charge on any atom is -0.421 e. The number of hydrogen-bond acceptors (Lipinski definition) is 7. The number of amidine groups is 1. The van der Waals surface area contributed by atoms with Crippen LogP contribution in [-0.2, 0) is 12.6 Å². The highest BCUT2D eigenvalue weighted by Gasteiger charge is 2.31. The molecule has 0 amide bonds. The maximum absolute atomic E-state index is 15.4. The van der Waals surface area contributed by atoms with Gasteiger partial charge in [0.1, 0.15) is 17.5 Å². The molecule has 3 heterocycles. The molecule has 0 unspecified atom stereocenters. The van der Waals surface area contributed by atoms with Crippen molar-refractivity contribution in [2.24, 2.45) is 4.99 Å². The number of halogens is 4. The Labute approximate surface area is 246 Å². The van der Waals surface area contributed by atoms with Crippen molar-refractivity contribution in [1.82, 2.24) is 9.97 Å². The molecule has 2 aliphatic heterocycles. The molecule has 6 rings (SSSR count). The van der Waals surface area contributed by atoms with E-state index >= 15 is 4.39 Å². The number of benzene rings is 2. The van der Waals surface area contributed by atoms with Crippen LogP contribution in [0, 0.1) is 5.82 Å². The topological polar surface area (TPSA) is 65.9 Å². The predicted molar refractivity (Wildman–Crippen MR) is 161 cm³/mol. The van der Waals surface area contributed by atoms with Crippen LogP contribution in [0.15, 0.2) is 76.8 Å². The molecule has 3 aromatic rings. The van der Waals surface area contributed by atoms with Gasteiger partial charge in [-0.15, -0.1) is 0 Å². The first-order valence-electron chi connectivity index (χ1n) is 14.0. The van der Waals surface area contributed by atoms with Crippen molar-refractivity contribution in [2.75, 3.05) is 47.8 Å². The molecule has 1 aliphatic carbocycles. The SMILES string of the molecule is C/C=C/C1=CC(Nc2cc(N3CCN(c4cccc(C(F)(F)F)c4)CC3)nc(Oc3ccc4c(c3F)C=C(C)C4)n2)=NC1. The summed E-state index contributed by atoms with van der Waals surface area (Å²) in [7, 11) is 0. The van der Waals surface area contributed by atoms with Crippen molar-refractivity contribution in [3.05, 3.63) is 94.3 Å². The Morgan fingerprint density at radius 2 is 1.77 bits per heavy atom. The summed E-state index contributed by atoms with van der Waals surface area (Å²) in [5, 5.41) is 3.21. The van der Waals surface area contributed by atoms with Crippen LogP contribution in [0.4, 0.5) is 34.9 Å². The number of nitrogens with one attached hydrogen (secondary N) is 1. The van der Waals surface area contributed by atoms with Gasteiger partial charge in [-0.3, -0.25) is 4.99 Å². The summed E-state index contributed by atoms with van der Waals surface area (Å²) in [6.45, 7) is 6.40. The van der Waals surface area contributed by atoms with Gasteiger partial charge in [0.05, 0.1) is 12.1 Å². The van der Waals surface area contributed by atoms with Crippen molar-refractivity contribution >= 4 is 29.2 Å². The van der Waals surface area contributed by atoms with Crippen LogP contribution >= 0.6 is 0 Å². The number of aromatic nitrogens is 2. The Bertz CT molecular complexity index is 1670. The van der Waals surface area contributed by atoms with Crippen LogP contribution < -0.4 is 19.9 Å². The van der Waals surface area contributed by atoms with E-state index in [2.05, 4.69) is 20.3 Å². The second-order valence-corrected chi connectivity index (χ2v) is 10.7. The zero-order chi connectivity index (χ0) is 30.1. The molecular weight excluding hydrogens is 560 g/mol. The van der Waals surface area contributed by atoms with Crippen LogP contribution in [0.5, 0.6) is 11.8 Å². The highest BCUT2D eigenvalue weighted by molar-refractivity contribution is 6.05. The predicted octanol–water partition coefficient (Wildman–Crippen LogP) is 7.04. The number of rotatable bonds is 6. The molecule has 1 saturated heterocycles. The largest absolute Gasteiger partial charge is 0.421 e. The molecule has 0 spiro atoms. The van der Waals surface area contributed by atoms with E-state index in [1.807, 2.05) is 54.0 Å². The number of nitrogens with zero attached hydrogens (tertiary/aromatic N) is 5. The maximum Gasteiger partial charge on any atom is 0.416 e. The van der Waals surface area contributed by atoms with E-state index < -0.39 is 17.6 Å². The van der Waals surface area contributed by atoms with E-state index in [9.17, 15) is 13.2 Å². The Kier molecular flexibility index (Phi) is 7.64. The lowest BCUT2D eigenvalue weighted by atomic mass is 10.1. The third kappa shape index (κ3) is 6.25. The van der Waals surface area contributed by atoms with Gasteiger partial charge < -0.3 is 19.9 Å².